The lowest BCUT2D eigenvalue weighted by Gasteiger charge is -2.13. The summed E-state index contributed by atoms with van der Waals surface area (Å²) in [6.07, 6.45) is 0.272. The van der Waals surface area contributed by atoms with Gasteiger partial charge in [0.25, 0.3) is 0 Å². The minimum Gasteiger partial charge on any atom is -0.469 e. The van der Waals surface area contributed by atoms with Gasteiger partial charge in [0.15, 0.2) is 0 Å². The molecule has 0 fully saturated rings. The number of nitrogens with two attached hydrogens (primary N) is 1. The molecule has 8 nitrogen and oxygen atoms in total. The fraction of sp³-hybridized carbons (Fsp3) is 0.375. The van der Waals surface area contributed by atoms with Crippen molar-refractivity contribution >= 4 is 23.5 Å². The molecule has 0 amide bonds. The van der Waals surface area contributed by atoms with E-state index in [2.05, 4.69) is 9.72 Å². The predicted octanol–water partition coefficient (Wildman–Crippen LogP) is 0.888. The fourth-order valence-corrected chi connectivity index (χ4v) is 2.42. The van der Waals surface area contributed by atoms with Gasteiger partial charge < -0.3 is 10.5 Å². The van der Waals surface area contributed by atoms with Crippen molar-refractivity contribution in [2.24, 2.45) is 5.92 Å². The van der Waals surface area contributed by atoms with E-state index in [4.69, 9.17) is 17.3 Å². The summed E-state index contributed by atoms with van der Waals surface area (Å²) < 4.78 is 6.80. The van der Waals surface area contributed by atoms with Crippen LogP contribution in [-0.4, -0.2) is 27.2 Å². The first-order chi connectivity index (χ1) is 11.8. The van der Waals surface area contributed by atoms with E-state index < -0.39 is 23.3 Å². The molecule has 1 heterocycles. The maximum atomic E-state index is 12.6. The van der Waals surface area contributed by atoms with E-state index in [1.54, 1.807) is 31.2 Å². The van der Waals surface area contributed by atoms with E-state index in [-0.39, 0.29) is 25.5 Å². The molecule has 0 bridgehead atoms. The van der Waals surface area contributed by atoms with Gasteiger partial charge in [-0.2, -0.15) is 4.98 Å². The molecule has 0 spiro atoms. The Hall–Kier alpha value is -2.61. The Kier molecular flexibility index (Phi) is 5.97. The lowest BCUT2D eigenvalue weighted by molar-refractivity contribution is -0.145. The van der Waals surface area contributed by atoms with Crippen LogP contribution in [0.15, 0.2) is 33.9 Å². The second-order valence-corrected chi connectivity index (χ2v) is 6.05. The van der Waals surface area contributed by atoms with Crippen LogP contribution in [0, 0.1) is 5.92 Å². The van der Waals surface area contributed by atoms with Crippen LogP contribution < -0.4 is 17.1 Å². The highest BCUT2D eigenvalue weighted by Crippen LogP contribution is 2.11. The van der Waals surface area contributed by atoms with Crippen LogP contribution in [0.2, 0.25) is 5.02 Å². The van der Waals surface area contributed by atoms with Crippen molar-refractivity contribution < 1.29 is 9.53 Å². The van der Waals surface area contributed by atoms with Gasteiger partial charge in [-0.15, -0.1) is 0 Å². The number of halogens is 1. The van der Waals surface area contributed by atoms with Gasteiger partial charge in [-0.3, -0.25) is 9.36 Å². The molecule has 134 valence electrons. The summed E-state index contributed by atoms with van der Waals surface area (Å²) >= 11 is 5.84. The molecule has 0 aliphatic carbocycles. The third-order valence-electron chi connectivity index (χ3n) is 3.82. The summed E-state index contributed by atoms with van der Waals surface area (Å²) in [5.41, 5.74) is 5.20. The van der Waals surface area contributed by atoms with E-state index in [1.165, 1.54) is 11.7 Å². The summed E-state index contributed by atoms with van der Waals surface area (Å²) in [6.45, 7) is 1.86. The number of ether oxygens (including phenoxy) is 1. The van der Waals surface area contributed by atoms with Crippen molar-refractivity contribution in [1.29, 1.82) is 0 Å². The average Bonchev–Trinajstić information content (AvgIpc) is 2.58. The normalized spacial score (nSPS) is 12.0. The summed E-state index contributed by atoms with van der Waals surface area (Å²) in [5.74, 6) is -1.02. The number of hydrogen-bond acceptors (Lipinski definition) is 6. The Balaban J connectivity index is 2.30. The number of carbonyl (C=O) groups excluding carboxylic acids is 1. The number of nitrogen functional groups attached to an aromatic ring is 1. The third-order valence-corrected chi connectivity index (χ3v) is 4.07. The Bertz CT molecular complexity index is 873. The van der Waals surface area contributed by atoms with E-state index in [0.29, 0.717) is 5.02 Å². The zero-order valence-corrected chi connectivity index (χ0v) is 14.7. The molecule has 25 heavy (non-hydrogen) atoms. The molecule has 2 N–H and O–H groups in total. The molecule has 9 heteroatoms. The third kappa shape index (κ3) is 4.48. The topological polar surface area (TPSA) is 109 Å². The fourth-order valence-electron chi connectivity index (χ4n) is 2.30. The molecule has 2 aromatic rings. The Morgan fingerprint density at radius 1 is 1.28 bits per heavy atom. The first-order valence-electron chi connectivity index (χ1n) is 7.63. The predicted molar refractivity (Wildman–Crippen MR) is 93.5 cm³/mol. The van der Waals surface area contributed by atoms with Gasteiger partial charge in [0.05, 0.1) is 19.6 Å². The highest BCUT2D eigenvalue weighted by atomic mass is 35.5. The quantitative estimate of drug-likeness (QED) is 0.760. The summed E-state index contributed by atoms with van der Waals surface area (Å²) in [4.78, 5) is 39.7. The molecule has 0 aliphatic heterocycles. The van der Waals surface area contributed by atoms with E-state index >= 15 is 0 Å². The number of anilines is 1. The van der Waals surface area contributed by atoms with Gasteiger partial charge in [-0.05, 0) is 24.1 Å². The lowest BCUT2D eigenvalue weighted by atomic mass is 10.1. The van der Waals surface area contributed by atoms with Crippen molar-refractivity contribution in [2.45, 2.75) is 26.4 Å². The second-order valence-electron chi connectivity index (χ2n) is 5.61. The average molecular weight is 367 g/mol. The van der Waals surface area contributed by atoms with Crippen molar-refractivity contribution in [3.8, 4) is 0 Å². The van der Waals surface area contributed by atoms with E-state index in [1.807, 2.05) is 0 Å². The first kappa shape index (κ1) is 18.7. The SMILES string of the molecule is COC(=O)[C@@H](C)CCn1c(=O)nc(N)n(Cc2ccc(Cl)cc2)c1=O. The zero-order valence-electron chi connectivity index (χ0n) is 13.9. The molecule has 0 radical (unpaired) electrons. The Labute approximate surface area is 148 Å². The number of benzene rings is 1. The highest BCUT2D eigenvalue weighted by Gasteiger charge is 2.16. The van der Waals surface area contributed by atoms with Crippen molar-refractivity contribution in [1.82, 2.24) is 14.1 Å². The van der Waals surface area contributed by atoms with E-state index in [0.717, 1.165) is 10.1 Å². The largest absolute Gasteiger partial charge is 0.469 e. The monoisotopic (exact) mass is 366 g/mol. The van der Waals surface area contributed by atoms with E-state index in [9.17, 15) is 14.4 Å². The molecule has 2 rings (SSSR count). The molecule has 1 aromatic carbocycles. The van der Waals surface area contributed by atoms with Crippen LogP contribution in [0.25, 0.3) is 0 Å². The van der Waals surface area contributed by atoms with Crippen LogP contribution in [-0.2, 0) is 22.6 Å². The number of carbonyl (C=O) groups is 1. The highest BCUT2D eigenvalue weighted by molar-refractivity contribution is 6.30. The Morgan fingerprint density at radius 3 is 2.52 bits per heavy atom. The zero-order chi connectivity index (χ0) is 18.6. The molecule has 0 saturated heterocycles. The molecule has 0 unspecified atom stereocenters. The van der Waals surface area contributed by atoms with Crippen LogP contribution in [0.4, 0.5) is 5.95 Å². The van der Waals surface area contributed by atoms with Gasteiger partial charge in [0.2, 0.25) is 5.95 Å². The summed E-state index contributed by atoms with van der Waals surface area (Å²) in [5, 5.41) is 0.573. The van der Waals surface area contributed by atoms with Crippen LogP contribution in [0.5, 0.6) is 0 Å². The summed E-state index contributed by atoms with van der Waals surface area (Å²) in [6, 6.07) is 6.89. The minimum atomic E-state index is -0.744. The molecular weight excluding hydrogens is 348 g/mol. The number of rotatable bonds is 6. The van der Waals surface area contributed by atoms with Gasteiger partial charge in [0.1, 0.15) is 0 Å². The number of esters is 1. The second kappa shape index (κ2) is 7.98. The number of hydrogen-bond donors (Lipinski definition) is 1. The van der Waals surface area contributed by atoms with Crippen molar-refractivity contribution in [2.75, 3.05) is 12.8 Å². The molecule has 0 aliphatic rings. The molecule has 0 saturated carbocycles. The minimum absolute atomic E-state index is 0.0435. The lowest BCUT2D eigenvalue weighted by Crippen LogP contribution is -2.43. The van der Waals surface area contributed by atoms with Gasteiger partial charge in [-0.25, -0.2) is 14.2 Å². The molecule has 1 atom stereocenters. The van der Waals surface area contributed by atoms with Crippen LogP contribution >= 0.6 is 11.6 Å². The molecular formula is C16H19ClN4O4. The molecule has 1 aromatic heterocycles. The van der Waals surface area contributed by atoms with Gasteiger partial charge in [-0.1, -0.05) is 30.7 Å². The van der Waals surface area contributed by atoms with Crippen molar-refractivity contribution in [3.05, 3.63) is 55.8 Å². The number of nitrogens with zero attached hydrogens (tertiary/aromatic N) is 3. The Morgan fingerprint density at radius 2 is 1.92 bits per heavy atom. The van der Waals surface area contributed by atoms with Crippen LogP contribution in [0.3, 0.4) is 0 Å². The van der Waals surface area contributed by atoms with Gasteiger partial charge in [0, 0.05) is 11.6 Å². The maximum absolute atomic E-state index is 12.6. The van der Waals surface area contributed by atoms with Gasteiger partial charge >= 0.3 is 17.3 Å². The smallest absolute Gasteiger partial charge is 0.354 e. The number of methoxy groups -OCH3 is 1. The number of aromatic nitrogens is 3. The van der Waals surface area contributed by atoms with Crippen molar-refractivity contribution in [3.63, 3.8) is 0 Å². The standard InChI is InChI=1S/C16H19ClN4O4/c1-10(13(22)25-2)7-8-20-15(23)19-14(18)21(16(20)24)9-11-3-5-12(17)6-4-11/h3-6,10H,7-9H2,1-2H3,(H2,18,19,23)/t10-/m0/s1. The first-order valence-corrected chi connectivity index (χ1v) is 8.00. The van der Waals surface area contributed by atoms with Crippen LogP contribution in [0.1, 0.15) is 18.9 Å². The maximum Gasteiger partial charge on any atom is 0.354 e. The summed E-state index contributed by atoms with van der Waals surface area (Å²) in [7, 11) is 1.29.